The van der Waals surface area contributed by atoms with Gasteiger partial charge in [0.05, 0.1) is 11.4 Å². The lowest BCUT2D eigenvalue weighted by Crippen LogP contribution is -2.13. The first-order valence-corrected chi connectivity index (χ1v) is 4.62. The first-order valence-electron chi connectivity index (χ1n) is 4.62. The van der Waals surface area contributed by atoms with Crippen LogP contribution in [0.3, 0.4) is 0 Å². The van der Waals surface area contributed by atoms with Gasteiger partial charge in [0.2, 0.25) is 0 Å². The Bertz CT molecular complexity index is 241. The first-order chi connectivity index (χ1) is 6.18. The average molecular weight is 179 g/mol. The van der Waals surface area contributed by atoms with Crippen molar-refractivity contribution in [3.05, 3.63) is 23.5 Å². The molecule has 0 aliphatic rings. The third kappa shape index (κ3) is 3.99. The summed E-state index contributed by atoms with van der Waals surface area (Å²) < 4.78 is 0. The van der Waals surface area contributed by atoms with Gasteiger partial charge >= 0.3 is 0 Å². The molecule has 1 aromatic rings. The zero-order valence-electron chi connectivity index (χ0n) is 8.62. The molecule has 0 aromatic carbocycles. The van der Waals surface area contributed by atoms with Crippen molar-refractivity contribution in [3.8, 4) is 0 Å². The van der Waals surface area contributed by atoms with Crippen molar-refractivity contribution < 1.29 is 0 Å². The van der Waals surface area contributed by atoms with Crippen LogP contribution in [0.15, 0.2) is 12.1 Å². The van der Waals surface area contributed by atoms with Gasteiger partial charge in [0.15, 0.2) is 0 Å². The Kier molecular flexibility index (Phi) is 3.83. The minimum Gasteiger partial charge on any atom is -0.309 e. The van der Waals surface area contributed by atoms with E-state index in [1.54, 1.807) is 0 Å². The van der Waals surface area contributed by atoms with Gasteiger partial charge in [-0.1, -0.05) is 0 Å². The van der Waals surface area contributed by atoms with Gasteiger partial charge in [-0.05, 0) is 52.5 Å². The Morgan fingerprint density at radius 3 is 2.54 bits per heavy atom. The predicted octanol–water partition coefficient (Wildman–Crippen LogP) is 1.28. The van der Waals surface area contributed by atoms with Crippen LogP contribution in [0.1, 0.15) is 17.8 Å². The molecule has 1 aromatic heterocycles. The lowest BCUT2D eigenvalue weighted by molar-refractivity contribution is 0.399. The van der Waals surface area contributed by atoms with E-state index in [1.165, 1.54) is 0 Å². The van der Waals surface area contributed by atoms with Crippen molar-refractivity contribution in [2.45, 2.75) is 19.8 Å². The summed E-state index contributed by atoms with van der Waals surface area (Å²) in [4.78, 5) is 2.18. The van der Waals surface area contributed by atoms with E-state index in [1.807, 2.05) is 13.0 Å². The van der Waals surface area contributed by atoms with E-state index < -0.39 is 0 Å². The van der Waals surface area contributed by atoms with Crippen LogP contribution in [0.2, 0.25) is 0 Å². The van der Waals surface area contributed by atoms with Gasteiger partial charge < -0.3 is 4.90 Å². The summed E-state index contributed by atoms with van der Waals surface area (Å²) in [5.41, 5.74) is 2.07. The Balaban J connectivity index is 2.33. The van der Waals surface area contributed by atoms with Gasteiger partial charge in [0.25, 0.3) is 0 Å². The second-order valence-corrected chi connectivity index (χ2v) is 3.57. The number of aromatic nitrogens is 2. The topological polar surface area (TPSA) is 29.0 Å². The second-order valence-electron chi connectivity index (χ2n) is 3.57. The molecule has 0 radical (unpaired) electrons. The molecule has 0 unspecified atom stereocenters. The Labute approximate surface area is 79.8 Å². The summed E-state index contributed by atoms with van der Waals surface area (Å²) in [6, 6.07) is 4.07. The van der Waals surface area contributed by atoms with Gasteiger partial charge in [-0.25, -0.2) is 0 Å². The summed E-state index contributed by atoms with van der Waals surface area (Å²) in [6.07, 6.45) is 2.16. The number of aryl methyl sites for hydroxylation is 2. The average Bonchev–Trinajstić information content (AvgIpc) is 2.08. The second kappa shape index (κ2) is 4.92. The van der Waals surface area contributed by atoms with Gasteiger partial charge in [0.1, 0.15) is 0 Å². The zero-order chi connectivity index (χ0) is 9.68. The summed E-state index contributed by atoms with van der Waals surface area (Å²) in [6.45, 7) is 3.06. The third-order valence-electron chi connectivity index (χ3n) is 1.89. The largest absolute Gasteiger partial charge is 0.309 e. The third-order valence-corrected chi connectivity index (χ3v) is 1.89. The molecule has 0 aliphatic carbocycles. The Morgan fingerprint density at radius 2 is 2.00 bits per heavy atom. The molecule has 1 heterocycles. The minimum atomic E-state index is 0.983. The SMILES string of the molecule is Cc1ccc(CCCN(C)C)nn1. The highest BCUT2D eigenvalue weighted by Gasteiger charge is 1.96. The van der Waals surface area contributed by atoms with Gasteiger partial charge in [0, 0.05) is 0 Å². The van der Waals surface area contributed by atoms with Crippen molar-refractivity contribution in [2.24, 2.45) is 0 Å². The van der Waals surface area contributed by atoms with Crippen LogP contribution in [0.4, 0.5) is 0 Å². The van der Waals surface area contributed by atoms with E-state index in [2.05, 4.69) is 35.3 Å². The molecule has 0 spiro atoms. The molecule has 0 saturated heterocycles. The predicted molar refractivity (Wildman–Crippen MR) is 53.6 cm³/mol. The standard InChI is InChI=1S/C10H17N3/c1-9-6-7-10(12-11-9)5-4-8-13(2)3/h6-7H,4-5,8H2,1-3H3. The summed E-state index contributed by atoms with van der Waals surface area (Å²) in [5, 5.41) is 8.12. The fourth-order valence-corrected chi connectivity index (χ4v) is 1.14. The van der Waals surface area contributed by atoms with Crippen LogP contribution in [-0.4, -0.2) is 35.7 Å². The van der Waals surface area contributed by atoms with Gasteiger partial charge in [-0.15, -0.1) is 0 Å². The van der Waals surface area contributed by atoms with Crippen LogP contribution < -0.4 is 0 Å². The minimum absolute atomic E-state index is 0.983. The van der Waals surface area contributed by atoms with Crippen molar-refractivity contribution in [1.82, 2.24) is 15.1 Å². The Hall–Kier alpha value is -0.960. The Morgan fingerprint density at radius 1 is 1.23 bits per heavy atom. The summed E-state index contributed by atoms with van der Waals surface area (Å²) >= 11 is 0. The maximum atomic E-state index is 4.11. The number of rotatable bonds is 4. The monoisotopic (exact) mass is 179 g/mol. The van der Waals surface area contributed by atoms with Crippen molar-refractivity contribution >= 4 is 0 Å². The normalized spacial score (nSPS) is 10.8. The molecular weight excluding hydrogens is 162 g/mol. The number of nitrogens with zero attached hydrogens (tertiary/aromatic N) is 3. The van der Waals surface area contributed by atoms with E-state index in [-0.39, 0.29) is 0 Å². The highest BCUT2D eigenvalue weighted by atomic mass is 15.1. The molecule has 3 nitrogen and oxygen atoms in total. The molecular formula is C10H17N3. The highest BCUT2D eigenvalue weighted by Crippen LogP contribution is 1.99. The molecule has 0 aliphatic heterocycles. The molecule has 13 heavy (non-hydrogen) atoms. The summed E-state index contributed by atoms with van der Waals surface area (Å²) in [7, 11) is 4.17. The van der Waals surface area contributed by atoms with E-state index in [9.17, 15) is 0 Å². The van der Waals surface area contributed by atoms with Crippen LogP contribution >= 0.6 is 0 Å². The maximum absolute atomic E-state index is 4.11. The number of hydrogen-bond acceptors (Lipinski definition) is 3. The fourth-order valence-electron chi connectivity index (χ4n) is 1.14. The molecule has 72 valence electrons. The molecule has 0 N–H and O–H groups in total. The van der Waals surface area contributed by atoms with E-state index >= 15 is 0 Å². The molecule has 0 bridgehead atoms. The van der Waals surface area contributed by atoms with E-state index in [0.717, 1.165) is 30.8 Å². The first kappa shape index (κ1) is 10.1. The van der Waals surface area contributed by atoms with E-state index in [0.29, 0.717) is 0 Å². The maximum Gasteiger partial charge on any atom is 0.0631 e. The molecule has 0 saturated carbocycles. The zero-order valence-corrected chi connectivity index (χ0v) is 8.62. The van der Waals surface area contributed by atoms with Gasteiger partial charge in [-0.3, -0.25) is 0 Å². The molecule has 0 amide bonds. The van der Waals surface area contributed by atoms with Gasteiger partial charge in [-0.2, -0.15) is 10.2 Å². The van der Waals surface area contributed by atoms with Crippen molar-refractivity contribution in [2.75, 3.05) is 20.6 Å². The van der Waals surface area contributed by atoms with Crippen molar-refractivity contribution in [3.63, 3.8) is 0 Å². The molecule has 0 atom stereocenters. The quantitative estimate of drug-likeness (QED) is 0.697. The highest BCUT2D eigenvalue weighted by molar-refractivity contribution is 5.05. The molecule has 1 rings (SSSR count). The summed E-state index contributed by atoms with van der Waals surface area (Å²) in [5.74, 6) is 0. The van der Waals surface area contributed by atoms with Crippen LogP contribution in [0.5, 0.6) is 0 Å². The van der Waals surface area contributed by atoms with Crippen LogP contribution in [0.25, 0.3) is 0 Å². The smallest absolute Gasteiger partial charge is 0.0631 e. The molecule has 0 fully saturated rings. The van der Waals surface area contributed by atoms with Crippen molar-refractivity contribution in [1.29, 1.82) is 0 Å². The number of hydrogen-bond donors (Lipinski definition) is 0. The lowest BCUT2D eigenvalue weighted by atomic mass is 10.2. The van der Waals surface area contributed by atoms with E-state index in [4.69, 9.17) is 0 Å². The van der Waals surface area contributed by atoms with Crippen LogP contribution in [-0.2, 0) is 6.42 Å². The lowest BCUT2D eigenvalue weighted by Gasteiger charge is -2.07. The molecule has 3 heteroatoms. The van der Waals surface area contributed by atoms with Crippen LogP contribution in [0, 0.1) is 6.92 Å². The fraction of sp³-hybridized carbons (Fsp3) is 0.600.